The van der Waals surface area contributed by atoms with Crippen LogP contribution in [0.2, 0.25) is 0 Å². The van der Waals surface area contributed by atoms with Gasteiger partial charge in [-0.15, -0.1) is 0 Å². The highest BCUT2D eigenvalue weighted by atomic mass is 19.1. The van der Waals surface area contributed by atoms with Crippen LogP contribution < -0.4 is 11.2 Å². The van der Waals surface area contributed by atoms with Gasteiger partial charge in [-0.2, -0.15) is 0 Å². The molecule has 0 aliphatic heterocycles. The van der Waals surface area contributed by atoms with E-state index in [-0.39, 0.29) is 24.3 Å². The summed E-state index contributed by atoms with van der Waals surface area (Å²) in [5.74, 6) is -1.25. The number of hydrogen-bond acceptors (Lipinski definition) is 6. The molecule has 0 fully saturated rings. The predicted molar refractivity (Wildman–Crippen MR) is 122 cm³/mol. The van der Waals surface area contributed by atoms with Gasteiger partial charge in [-0.1, -0.05) is 42.5 Å². The second kappa shape index (κ2) is 10.3. The van der Waals surface area contributed by atoms with E-state index in [9.17, 15) is 18.8 Å². The number of ether oxygens (including phenoxy) is 2. The largest absolute Gasteiger partial charge is 0.459 e. The van der Waals surface area contributed by atoms with Gasteiger partial charge in [-0.05, 0) is 23.3 Å². The molecule has 0 bridgehead atoms. The molecule has 0 aliphatic carbocycles. The molecule has 0 amide bonds. The third-order valence-electron chi connectivity index (χ3n) is 5.28. The second-order valence-corrected chi connectivity index (χ2v) is 7.64. The maximum Gasteiger partial charge on any atom is 0.333 e. The molecule has 0 unspecified atom stereocenters. The van der Waals surface area contributed by atoms with Crippen molar-refractivity contribution >= 4 is 17.1 Å². The van der Waals surface area contributed by atoms with E-state index < -0.39 is 29.6 Å². The molecule has 2 aromatic heterocycles. The average molecular weight is 466 g/mol. The Labute approximate surface area is 193 Å². The van der Waals surface area contributed by atoms with Crippen LogP contribution in [0, 0.1) is 5.82 Å². The van der Waals surface area contributed by atoms with Gasteiger partial charge in [0.15, 0.2) is 11.2 Å². The molecule has 4 rings (SSSR count). The van der Waals surface area contributed by atoms with E-state index in [1.54, 1.807) is 10.6 Å². The van der Waals surface area contributed by atoms with Gasteiger partial charge >= 0.3 is 11.7 Å². The summed E-state index contributed by atoms with van der Waals surface area (Å²) < 4.78 is 27.4. The summed E-state index contributed by atoms with van der Waals surface area (Å²) in [6, 6.07) is 14.9. The first-order valence-corrected chi connectivity index (χ1v) is 10.6. The van der Waals surface area contributed by atoms with Crippen molar-refractivity contribution in [2.75, 3.05) is 13.7 Å². The van der Waals surface area contributed by atoms with E-state index in [2.05, 4.69) is 4.98 Å². The number of carbonyl (C=O) groups excluding carboxylic acids is 1. The van der Waals surface area contributed by atoms with E-state index in [0.717, 1.165) is 10.1 Å². The minimum atomic E-state index is -0.794. The lowest BCUT2D eigenvalue weighted by Crippen LogP contribution is -2.42. The summed E-state index contributed by atoms with van der Waals surface area (Å²) in [4.78, 5) is 43.3. The fraction of sp³-hybridized carbons (Fsp3) is 0.250. The van der Waals surface area contributed by atoms with Gasteiger partial charge in [0.1, 0.15) is 19.0 Å². The minimum Gasteiger partial charge on any atom is -0.459 e. The number of rotatable bonds is 9. The monoisotopic (exact) mass is 466 g/mol. The van der Waals surface area contributed by atoms with E-state index in [1.165, 1.54) is 36.2 Å². The van der Waals surface area contributed by atoms with Gasteiger partial charge in [0.25, 0.3) is 5.56 Å². The molecule has 34 heavy (non-hydrogen) atoms. The summed E-state index contributed by atoms with van der Waals surface area (Å²) in [7, 11) is 1.54. The first-order valence-electron chi connectivity index (χ1n) is 10.6. The summed E-state index contributed by atoms with van der Waals surface area (Å²) in [5.41, 5.74) is 0.359. The maximum absolute atomic E-state index is 13.4. The Morgan fingerprint density at radius 2 is 1.79 bits per heavy atom. The Hall–Kier alpha value is -4.05. The van der Waals surface area contributed by atoms with Crippen molar-refractivity contribution in [3.8, 4) is 0 Å². The molecule has 10 heteroatoms. The smallest absolute Gasteiger partial charge is 0.333 e. The molecular weight excluding hydrogens is 443 g/mol. The van der Waals surface area contributed by atoms with Crippen LogP contribution in [-0.2, 0) is 40.5 Å². The van der Waals surface area contributed by atoms with Crippen LogP contribution in [0.25, 0.3) is 11.2 Å². The third-order valence-corrected chi connectivity index (χ3v) is 5.28. The fourth-order valence-electron chi connectivity index (χ4n) is 3.61. The number of hydrogen-bond donors (Lipinski definition) is 0. The van der Waals surface area contributed by atoms with Crippen LogP contribution in [0.1, 0.15) is 11.1 Å². The Bertz CT molecular complexity index is 1430. The number of methoxy groups -OCH3 is 1. The molecular formula is C24H23FN4O5. The Balaban J connectivity index is 1.70. The molecule has 0 saturated heterocycles. The van der Waals surface area contributed by atoms with Gasteiger partial charge in [-0.3, -0.25) is 14.2 Å². The number of nitrogens with zero attached hydrogens (tertiary/aromatic N) is 4. The number of benzene rings is 2. The topological polar surface area (TPSA) is 97.4 Å². The average Bonchev–Trinajstić information content (AvgIpc) is 3.26. The summed E-state index contributed by atoms with van der Waals surface area (Å²) >= 11 is 0. The normalized spacial score (nSPS) is 11.1. The van der Waals surface area contributed by atoms with Crippen molar-refractivity contribution in [2.24, 2.45) is 0 Å². The van der Waals surface area contributed by atoms with E-state index in [1.807, 2.05) is 30.3 Å². The molecule has 0 spiro atoms. The number of fused-ring (bicyclic) bond motifs is 1. The zero-order chi connectivity index (χ0) is 24.1. The van der Waals surface area contributed by atoms with Crippen LogP contribution in [0.4, 0.5) is 4.39 Å². The molecule has 9 nitrogen and oxygen atoms in total. The maximum atomic E-state index is 13.4. The predicted octanol–water partition coefficient (Wildman–Crippen LogP) is 1.94. The highest BCUT2D eigenvalue weighted by Gasteiger charge is 2.20. The highest BCUT2D eigenvalue weighted by Crippen LogP contribution is 2.10. The molecule has 0 aliphatic rings. The number of aromatic nitrogens is 4. The van der Waals surface area contributed by atoms with Crippen LogP contribution >= 0.6 is 0 Å². The number of carbonyl (C=O) groups is 1. The second-order valence-electron chi connectivity index (χ2n) is 7.64. The molecule has 2 heterocycles. The van der Waals surface area contributed by atoms with Crippen LogP contribution in [0.3, 0.4) is 0 Å². The minimum absolute atomic E-state index is 0.163. The van der Waals surface area contributed by atoms with Crippen LogP contribution in [0.15, 0.2) is 70.5 Å². The fourth-order valence-corrected chi connectivity index (χ4v) is 3.61. The van der Waals surface area contributed by atoms with Crippen molar-refractivity contribution in [1.82, 2.24) is 18.7 Å². The van der Waals surface area contributed by atoms with E-state index in [4.69, 9.17) is 9.47 Å². The van der Waals surface area contributed by atoms with Gasteiger partial charge < -0.3 is 14.0 Å². The zero-order valence-electron chi connectivity index (χ0n) is 18.5. The molecule has 176 valence electrons. The van der Waals surface area contributed by atoms with Crippen molar-refractivity contribution in [3.63, 3.8) is 0 Å². The zero-order valence-corrected chi connectivity index (χ0v) is 18.5. The van der Waals surface area contributed by atoms with Crippen LogP contribution in [-0.4, -0.2) is 38.4 Å². The number of halogens is 1. The molecule has 0 radical (unpaired) electrons. The standard InChI is InChI=1S/C24H23FN4O5/c1-33-11-10-27-16-26-22-21(27)23(31)29(24(32)28(22)13-17-6-3-2-4-7-17)14-20(30)34-15-18-8-5-9-19(25)12-18/h2-9,12,16H,10-11,13-15H2,1H3. The third kappa shape index (κ3) is 4.96. The van der Waals surface area contributed by atoms with Gasteiger partial charge in [0, 0.05) is 13.7 Å². The Morgan fingerprint density at radius 1 is 1.03 bits per heavy atom. The quantitative estimate of drug-likeness (QED) is 0.350. The lowest BCUT2D eigenvalue weighted by molar-refractivity contribution is -0.145. The van der Waals surface area contributed by atoms with Crippen molar-refractivity contribution in [2.45, 2.75) is 26.2 Å². The molecule has 0 saturated carbocycles. The molecule has 0 N–H and O–H groups in total. The Kier molecular flexibility index (Phi) is 6.98. The van der Waals surface area contributed by atoms with Gasteiger partial charge in [0.05, 0.1) is 19.5 Å². The summed E-state index contributed by atoms with van der Waals surface area (Å²) in [5, 5.41) is 0. The van der Waals surface area contributed by atoms with E-state index >= 15 is 0 Å². The van der Waals surface area contributed by atoms with Crippen molar-refractivity contribution in [3.05, 3.63) is 98.7 Å². The van der Waals surface area contributed by atoms with Gasteiger partial charge in [-0.25, -0.2) is 18.7 Å². The molecule has 4 aromatic rings. The molecule has 2 aromatic carbocycles. The highest BCUT2D eigenvalue weighted by molar-refractivity contribution is 5.72. The number of imidazole rings is 1. The van der Waals surface area contributed by atoms with Crippen molar-refractivity contribution in [1.29, 1.82) is 0 Å². The van der Waals surface area contributed by atoms with Crippen LogP contribution in [0.5, 0.6) is 0 Å². The summed E-state index contributed by atoms with van der Waals surface area (Å²) in [6.07, 6.45) is 1.47. The lowest BCUT2D eigenvalue weighted by atomic mass is 10.2. The first-order chi connectivity index (χ1) is 16.5. The SMILES string of the molecule is COCCn1cnc2c1c(=O)n(CC(=O)OCc1cccc(F)c1)c(=O)n2Cc1ccccc1. The molecule has 0 atom stereocenters. The Morgan fingerprint density at radius 3 is 2.53 bits per heavy atom. The van der Waals surface area contributed by atoms with Gasteiger partial charge in [0.2, 0.25) is 0 Å². The van der Waals surface area contributed by atoms with E-state index in [0.29, 0.717) is 18.7 Å². The number of esters is 1. The first kappa shape index (κ1) is 23.1. The lowest BCUT2D eigenvalue weighted by Gasteiger charge is -2.13. The van der Waals surface area contributed by atoms with Crippen molar-refractivity contribution < 1.29 is 18.7 Å². The summed E-state index contributed by atoms with van der Waals surface area (Å²) in [6.45, 7) is 0.0645.